The van der Waals surface area contributed by atoms with E-state index in [2.05, 4.69) is 0 Å². The van der Waals surface area contributed by atoms with Crippen LogP contribution in [-0.2, 0) is 0 Å². The molecular formula is C52H41B2F8I2O8. The Morgan fingerprint density at radius 3 is 1.25 bits per heavy atom. The molecule has 373 valence electrons. The average Bonchev–Trinajstić information content (AvgIpc) is 3.36. The molecule has 0 atom stereocenters. The van der Waals surface area contributed by atoms with Gasteiger partial charge in [-0.1, -0.05) is 48.5 Å². The zero-order chi connectivity index (χ0) is 52.9. The minimum absolute atomic E-state index is 0.0302. The van der Waals surface area contributed by atoms with Gasteiger partial charge in [-0.05, 0) is 170 Å². The highest BCUT2D eigenvalue weighted by molar-refractivity contribution is 14.1. The van der Waals surface area contributed by atoms with Gasteiger partial charge in [0.25, 0.3) is 0 Å². The van der Waals surface area contributed by atoms with Crippen molar-refractivity contribution in [1.29, 1.82) is 0 Å². The van der Waals surface area contributed by atoms with Crippen LogP contribution >= 0.6 is 45.2 Å². The molecule has 20 heteroatoms. The van der Waals surface area contributed by atoms with E-state index in [1.165, 1.54) is 112 Å². The molecule has 0 saturated carbocycles. The Morgan fingerprint density at radius 1 is 0.403 bits per heavy atom. The predicted octanol–water partition coefficient (Wildman–Crippen LogP) is 12.4. The van der Waals surface area contributed by atoms with Crippen molar-refractivity contribution in [2.24, 2.45) is 0 Å². The molecule has 8 aromatic carbocycles. The molecular weight excluding hydrogens is 1180 g/mol. The molecule has 8 rings (SSSR count). The summed E-state index contributed by atoms with van der Waals surface area (Å²) in [4.78, 5) is 0. The van der Waals surface area contributed by atoms with E-state index >= 15 is 0 Å². The van der Waals surface area contributed by atoms with Crippen molar-refractivity contribution in [3.8, 4) is 62.1 Å². The van der Waals surface area contributed by atoms with Gasteiger partial charge in [0.05, 0.1) is 35.6 Å². The fraction of sp³-hybridized carbons (Fsp3) is 0.0769. The Bertz CT molecular complexity index is 3030. The first kappa shape index (κ1) is 58.2. The smallest absolute Gasteiger partial charge is 0.535 e. The van der Waals surface area contributed by atoms with Gasteiger partial charge in [-0.3, -0.25) is 0 Å². The Kier molecular flexibility index (Phi) is 23.7. The molecule has 0 spiro atoms. The highest BCUT2D eigenvalue weighted by Gasteiger charge is 2.15. The third-order valence-corrected chi connectivity index (χ3v) is 11.2. The van der Waals surface area contributed by atoms with E-state index in [0.717, 1.165) is 12.1 Å². The molecule has 0 aromatic heterocycles. The summed E-state index contributed by atoms with van der Waals surface area (Å²) in [6, 6.07) is 36.8. The highest BCUT2D eigenvalue weighted by atomic mass is 127. The first-order chi connectivity index (χ1) is 34.4. The van der Waals surface area contributed by atoms with Crippen molar-refractivity contribution < 1.29 is 73.8 Å². The Hall–Kier alpha value is -6.33. The van der Waals surface area contributed by atoms with Crippen LogP contribution in [-0.4, -0.2) is 58.3 Å². The summed E-state index contributed by atoms with van der Waals surface area (Å²) in [5, 5.41) is 25.7. The van der Waals surface area contributed by atoms with Crippen LogP contribution in [0.3, 0.4) is 0 Å². The van der Waals surface area contributed by atoms with Crippen LogP contribution in [0.1, 0.15) is 0 Å². The summed E-state index contributed by atoms with van der Waals surface area (Å²) in [6.45, 7) is 0. The minimum Gasteiger partial charge on any atom is -0.535 e. The molecule has 0 bridgehead atoms. The van der Waals surface area contributed by atoms with Crippen LogP contribution in [0.4, 0.5) is 35.1 Å². The second-order valence-electron chi connectivity index (χ2n) is 14.3. The van der Waals surface area contributed by atoms with E-state index in [9.17, 15) is 35.1 Å². The van der Waals surface area contributed by atoms with E-state index in [0.29, 0.717) is 59.9 Å². The Balaban J connectivity index is 0.000000200. The van der Waals surface area contributed by atoms with E-state index in [4.69, 9.17) is 38.7 Å². The number of methoxy groups -OCH3 is 4. The fourth-order valence-corrected chi connectivity index (χ4v) is 7.20. The molecule has 0 saturated heterocycles. The maximum absolute atomic E-state index is 14.0. The Morgan fingerprint density at radius 2 is 0.833 bits per heavy atom. The normalized spacial score (nSPS) is 10.0. The number of rotatable bonds is 10. The maximum atomic E-state index is 14.0. The predicted molar refractivity (Wildman–Crippen MR) is 278 cm³/mol. The van der Waals surface area contributed by atoms with Crippen molar-refractivity contribution in [1.82, 2.24) is 0 Å². The number of hydrogen-bond acceptors (Lipinski definition) is 8. The van der Waals surface area contributed by atoms with Gasteiger partial charge in [0.15, 0.2) is 5.75 Å². The van der Waals surface area contributed by atoms with Gasteiger partial charge in [-0.2, -0.15) is 0 Å². The molecule has 0 amide bonds. The van der Waals surface area contributed by atoms with E-state index in [1.54, 1.807) is 61.7 Å². The van der Waals surface area contributed by atoms with Crippen LogP contribution < -0.4 is 29.1 Å². The molecule has 8 nitrogen and oxygen atoms in total. The summed E-state index contributed by atoms with van der Waals surface area (Å²) in [5.41, 5.74) is 2.39. The molecule has 0 fully saturated rings. The second-order valence-corrected chi connectivity index (χ2v) is 16.6. The SMILES string of the molecule is COc1cc(-c2cccc(F)c2)c(F)cc1I.COc1cc(-c2cccc(F)c2)c(F)cc1O[B]O.COc1ccc(F)c(-c2cccc(F)c2)c1.COc1ccc(F)c(I)c1.OB(O)c1cccc(F)c1. The molecule has 0 unspecified atom stereocenters. The maximum Gasteiger partial charge on any atom is 0.569 e. The van der Waals surface area contributed by atoms with E-state index in [-0.39, 0.29) is 45.8 Å². The lowest BCUT2D eigenvalue weighted by Crippen LogP contribution is -2.29. The van der Waals surface area contributed by atoms with E-state index < -0.39 is 30.4 Å². The lowest BCUT2D eigenvalue weighted by atomic mass is 9.80. The van der Waals surface area contributed by atoms with Crippen LogP contribution in [0.2, 0.25) is 0 Å². The highest BCUT2D eigenvalue weighted by Crippen LogP contribution is 2.35. The summed E-state index contributed by atoms with van der Waals surface area (Å²) in [6.07, 6.45) is 0. The van der Waals surface area contributed by atoms with Gasteiger partial charge in [-0.25, -0.2) is 35.1 Å². The van der Waals surface area contributed by atoms with Gasteiger partial charge >= 0.3 is 14.8 Å². The number of hydrogen-bond donors (Lipinski definition) is 3. The van der Waals surface area contributed by atoms with Crippen molar-refractivity contribution in [3.63, 3.8) is 0 Å². The van der Waals surface area contributed by atoms with Gasteiger partial charge in [0.1, 0.15) is 69.5 Å². The summed E-state index contributed by atoms with van der Waals surface area (Å²) in [7, 11) is 4.80. The summed E-state index contributed by atoms with van der Waals surface area (Å²) in [5.74, 6) is -1.24. The molecule has 0 heterocycles. The fourth-order valence-electron chi connectivity index (χ4n) is 6.06. The van der Waals surface area contributed by atoms with Crippen LogP contribution in [0.25, 0.3) is 33.4 Å². The lowest BCUT2D eigenvalue weighted by molar-refractivity contribution is 0.380. The van der Waals surface area contributed by atoms with Crippen LogP contribution in [0.15, 0.2) is 158 Å². The third-order valence-electron chi connectivity index (χ3n) is 9.53. The third kappa shape index (κ3) is 17.8. The zero-order valence-corrected chi connectivity index (χ0v) is 42.6. The van der Waals surface area contributed by atoms with E-state index in [1.807, 2.05) is 45.2 Å². The average molecular weight is 1220 g/mol. The standard InChI is InChI=1S/C13H10BF2O3.C13H9F2IO.C13H10F2O.C7H6FIO.C6H6BFO2/c1-18-12-6-10(8-3-2-4-9(15)5-8)11(16)7-13(12)19-14-17;1-17-13-6-10(11(15)7-12(13)16)8-3-2-4-9(14)5-8;1-16-11-5-6-13(15)12(8-11)9-3-2-4-10(14)7-9;1-10-5-2-3-6(8)7(9)4-5;8-6-3-1-2-5(4-6)7(9)10/h2-7,17H,1H3;2-7H,1H3;2-8H,1H3;2-4H,1H3;1-4,9-10H. The molecule has 0 aliphatic heterocycles. The van der Waals surface area contributed by atoms with Crippen molar-refractivity contribution >= 4 is 65.4 Å². The second kappa shape index (κ2) is 29.3. The molecule has 72 heavy (non-hydrogen) atoms. The zero-order valence-electron chi connectivity index (χ0n) is 38.3. The number of ether oxygens (including phenoxy) is 4. The summed E-state index contributed by atoms with van der Waals surface area (Å²) >= 11 is 3.91. The number of halogens is 10. The first-order valence-electron chi connectivity index (χ1n) is 20.7. The number of benzene rings is 8. The van der Waals surface area contributed by atoms with Gasteiger partial charge < -0.3 is 38.7 Å². The minimum atomic E-state index is -1.59. The lowest BCUT2D eigenvalue weighted by Gasteiger charge is -2.12. The van der Waals surface area contributed by atoms with Gasteiger partial charge in [0.2, 0.25) is 0 Å². The molecule has 8 aromatic rings. The molecule has 1 radical (unpaired) electrons. The molecule has 0 aliphatic carbocycles. The summed E-state index contributed by atoms with van der Waals surface area (Å²) < 4.78 is 131. The largest absolute Gasteiger partial charge is 0.569 e. The van der Waals surface area contributed by atoms with Crippen molar-refractivity contribution in [3.05, 3.63) is 211 Å². The quantitative estimate of drug-likeness (QED) is 0.0706. The molecule has 0 aliphatic rings. The Labute approximate surface area is 438 Å². The first-order valence-corrected chi connectivity index (χ1v) is 22.8. The monoisotopic (exact) mass is 1220 g/mol. The molecule has 3 N–H and O–H groups in total. The topological polar surface area (TPSA) is 107 Å². The van der Waals surface area contributed by atoms with Crippen LogP contribution in [0.5, 0.6) is 28.7 Å². The van der Waals surface area contributed by atoms with Crippen LogP contribution in [0, 0.1) is 53.7 Å². The van der Waals surface area contributed by atoms with Gasteiger partial charge in [-0.15, -0.1) is 0 Å². The van der Waals surface area contributed by atoms with Gasteiger partial charge in [0, 0.05) is 22.8 Å². The van der Waals surface area contributed by atoms with Crippen molar-refractivity contribution in [2.75, 3.05) is 28.4 Å². The van der Waals surface area contributed by atoms with Crippen molar-refractivity contribution in [2.45, 2.75) is 0 Å².